The highest BCUT2D eigenvalue weighted by atomic mass is 19.1. The van der Waals surface area contributed by atoms with Gasteiger partial charge >= 0.3 is 0 Å². The SMILES string of the molecule is Cc1cc(F)ccc1CCNc1cccc(N)c1C. The van der Waals surface area contributed by atoms with Crippen LogP contribution in [-0.4, -0.2) is 6.54 Å². The average Bonchev–Trinajstić information content (AvgIpc) is 2.37. The molecule has 0 radical (unpaired) electrons. The topological polar surface area (TPSA) is 38.0 Å². The van der Waals surface area contributed by atoms with Crippen LogP contribution in [0, 0.1) is 19.7 Å². The fraction of sp³-hybridized carbons (Fsp3) is 0.250. The summed E-state index contributed by atoms with van der Waals surface area (Å²) in [7, 11) is 0. The van der Waals surface area contributed by atoms with Gasteiger partial charge in [0.2, 0.25) is 0 Å². The fourth-order valence-corrected chi connectivity index (χ4v) is 2.12. The molecule has 0 aliphatic rings. The van der Waals surface area contributed by atoms with Crippen LogP contribution in [0.2, 0.25) is 0 Å². The number of benzene rings is 2. The quantitative estimate of drug-likeness (QED) is 0.821. The van der Waals surface area contributed by atoms with Crippen molar-refractivity contribution in [2.75, 3.05) is 17.6 Å². The zero-order chi connectivity index (χ0) is 13.8. The number of rotatable bonds is 4. The summed E-state index contributed by atoms with van der Waals surface area (Å²) >= 11 is 0. The summed E-state index contributed by atoms with van der Waals surface area (Å²) in [6.07, 6.45) is 0.861. The normalized spacial score (nSPS) is 10.5. The molecule has 2 rings (SSSR count). The summed E-state index contributed by atoms with van der Waals surface area (Å²) < 4.78 is 13.0. The Hall–Kier alpha value is -2.03. The third kappa shape index (κ3) is 3.25. The Morgan fingerprint density at radius 1 is 1.16 bits per heavy atom. The second kappa shape index (κ2) is 5.74. The van der Waals surface area contributed by atoms with Crippen molar-refractivity contribution >= 4 is 11.4 Å². The van der Waals surface area contributed by atoms with Crippen molar-refractivity contribution < 1.29 is 4.39 Å². The summed E-state index contributed by atoms with van der Waals surface area (Å²) in [5.74, 6) is -0.180. The molecule has 0 fully saturated rings. The largest absolute Gasteiger partial charge is 0.398 e. The Morgan fingerprint density at radius 3 is 2.68 bits per heavy atom. The molecule has 3 heteroatoms. The lowest BCUT2D eigenvalue weighted by Crippen LogP contribution is -2.07. The van der Waals surface area contributed by atoms with Crippen molar-refractivity contribution in [3.8, 4) is 0 Å². The molecular formula is C16H19FN2. The molecule has 0 amide bonds. The average molecular weight is 258 g/mol. The van der Waals surface area contributed by atoms with E-state index < -0.39 is 0 Å². The maximum absolute atomic E-state index is 13.0. The maximum Gasteiger partial charge on any atom is 0.123 e. The minimum absolute atomic E-state index is 0.180. The predicted molar refractivity (Wildman–Crippen MR) is 78.9 cm³/mol. The van der Waals surface area contributed by atoms with Crippen molar-refractivity contribution in [1.82, 2.24) is 0 Å². The molecule has 0 spiro atoms. The summed E-state index contributed by atoms with van der Waals surface area (Å²) in [6.45, 7) is 4.74. The van der Waals surface area contributed by atoms with E-state index in [9.17, 15) is 4.39 Å². The van der Waals surface area contributed by atoms with E-state index in [4.69, 9.17) is 5.73 Å². The van der Waals surface area contributed by atoms with E-state index >= 15 is 0 Å². The van der Waals surface area contributed by atoms with Crippen molar-refractivity contribution in [1.29, 1.82) is 0 Å². The van der Waals surface area contributed by atoms with Gasteiger partial charge in [0.25, 0.3) is 0 Å². The van der Waals surface area contributed by atoms with E-state index in [0.717, 1.165) is 41.0 Å². The molecule has 2 aromatic carbocycles. The van der Waals surface area contributed by atoms with E-state index in [2.05, 4.69) is 5.32 Å². The molecule has 0 atom stereocenters. The van der Waals surface area contributed by atoms with Crippen LogP contribution < -0.4 is 11.1 Å². The van der Waals surface area contributed by atoms with Gasteiger partial charge in [-0.05, 0) is 61.2 Å². The van der Waals surface area contributed by atoms with Crippen molar-refractivity contribution in [3.05, 3.63) is 58.9 Å². The van der Waals surface area contributed by atoms with Gasteiger partial charge in [-0.1, -0.05) is 12.1 Å². The monoisotopic (exact) mass is 258 g/mol. The molecule has 19 heavy (non-hydrogen) atoms. The third-order valence-electron chi connectivity index (χ3n) is 3.39. The number of aryl methyl sites for hydroxylation is 1. The number of hydrogen-bond donors (Lipinski definition) is 2. The molecule has 0 aliphatic carbocycles. The number of halogens is 1. The van der Waals surface area contributed by atoms with Crippen LogP contribution in [0.15, 0.2) is 36.4 Å². The molecule has 0 aromatic heterocycles. The highest BCUT2D eigenvalue weighted by Crippen LogP contribution is 2.20. The molecule has 0 heterocycles. The Labute approximate surface area is 113 Å². The van der Waals surface area contributed by atoms with Gasteiger partial charge in [-0.3, -0.25) is 0 Å². The molecule has 0 saturated carbocycles. The zero-order valence-electron chi connectivity index (χ0n) is 11.3. The minimum atomic E-state index is -0.180. The molecule has 0 aliphatic heterocycles. The van der Waals surface area contributed by atoms with Crippen LogP contribution in [0.1, 0.15) is 16.7 Å². The molecule has 2 aromatic rings. The summed E-state index contributed by atoms with van der Waals surface area (Å²) in [4.78, 5) is 0. The molecule has 2 nitrogen and oxygen atoms in total. The lowest BCUT2D eigenvalue weighted by molar-refractivity contribution is 0.625. The second-order valence-electron chi connectivity index (χ2n) is 4.77. The number of nitrogens with two attached hydrogens (primary N) is 1. The summed E-state index contributed by atoms with van der Waals surface area (Å²) in [6, 6.07) is 10.8. The molecular weight excluding hydrogens is 239 g/mol. The predicted octanol–water partition coefficient (Wildman–Crippen LogP) is 3.68. The first-order valence-electron chi connectivity index (χ1n) is 6.42. The number of anilines is 2. The van der Waals surface area contributed by atoms with Gasteiger partial charge in [0.05, 0.1) is 0 Å². The van der Waals surface area contributed by atoms with E-state index in [-0.39, 0.29) is 5.82 Å². The third-order valence-corrected chi connectivity index (χ3v) is 3.39. The van der Waals surface area contributed by atoms with Crippen LogP contribution in [0.5, 0.6) is 0 Å². The summed E-state index contributed by atoms with van der Waals surface area (Å²) in [5.41, 5.74) is 10.9. The van der Waals surface area contributed by atoms with Crippen molar-refractivity contribution in [2.45, 2.75) is 20.3 Å². The van der Waals surface area contributed by atoms with Gasteiger partial charge in [-0.25, -0.2) is 4.39 Å². The van der Waals surface area contributed by atoms with Gasteiger partial charge in [0.1, 0.15) is 5.82 Å². The summed E-state index contributed by atoms with van der Waals surface area (Å²) in [5, 5.41) is 3.37. The van der Waals surface area contributed by atoms with E-state index in [1.165, 1.54) is 6.07 Å². The van der Waals surface area contributed by atoms with E-state index in [1.807, 2.05) is 38.1 Å². The molecule has 3 N–H and O–H groups in total. The minimum Gasteiger partial charge on any atom is -0.398 e. The molecule has 100 valence electrons. The van der Waals surface area contributed by atoms with Crippen LogP contribution in [-0.2, 0) is 6.42 Å². The number of hydrogen-bond acceptors (Lipinski definition) is 2. The lowest BCUT2D eigenvalue weighted by atomic mass is 10.1. The number of nitrogen functional groups attached to an aromatic ring is 1. The highest BCUT2D eigenvalue weighted by molar-refractivity contribution is 5.62. The van der Waals surface area contributed by atoms with Crippen molar-refractivity contribution in [3.63, 3.8) is 0 Å². The van der Waals surface area contributed by atoms with Gasteiger partial charge in [0, 0.05) is 17.9 Å². The Morgan fingerprint density at radius 2 is 1.95 bits per heavy atom. The molecule has 0 bridgehead atoms. The fourth-order valence-electron chi connectivity index (χ4n) is 2.12. The smallest absolute Gasteiger partial charge is 0.123 e. The molecule has 0 unspecified atom stereocenters. The van der Waals surface area contributed by atoms with Crippen LogP contribution in [0.4, 0.5) is 15.8 Å². The van der Waals surface area contributed by atoms with Crippen LogP contribution in [0.3, 0.4) is 0 Å². The first-order valence-corrected chi connectivity index (χ1v) is 6.42. The molecule has 0 saturated heterocycles. The van der Waals surface area contributed by atoms with Gasteiger partial charge < -0.3 is 11.1 Å². The Kier molecular flexibility index (Phi) is 4.05. The Balaban J connectivity index is 1.98. The van der Waals surface area contributed by atoms with E-state index in [0.29, 0.717) is 0 Å². The maximum atomic E-state index is 13.0. The lowest BCUT2D eigenvalue weighted by Gasteiger charge is -2.12. The number of nitrogens with one attached hydrogen (secondary N) is 1. The zero-order valence-corrected chi connectivity index (χ0v) is 11.3. The van der Waals surface area contributed by atoms with Gasteiger partial charge in [-0.2, -0.15) is 0 Å². The van der Waals surface area contributed by atoms with Crippen LogP contribution >= 0.6 is 0 Å². The highest BCUT2D eigenvalue weighted by Gasteiger charge is 2.02. The first-order chi connectivity index (χ1) is 9.08. The van der Waals surface area contributed by atoms with Crippen LogP contribution in [0.25, 0.3) is 0 Å². The van der Waals surface area contributed by atoms with Gasteiger partial charge in [0.15, 0.2) is 0 Å². The standard InChI is InChI=1S/C16H19FN2/c1-11-10-14(17)7-6-13(11)8-9-19-16-5-3-4-15(18)12(16)2/h3-7,10,19H,8-9,18H2,1-2H3. The van der Waals surface area contributed by atoms with Gasteiger partial charge in [-0.15, -0.1) is 0 Å². The van der Waals surface area contributed by atoms with E-state index in [1.54, 1.807) is 6.07 Å². The first kappa shape index (κ1) is 13.4. The van der Waals surface area contributed by atoms with Crippen molar-refractivity contribution in [2.24, 2.45) is 0 Å². The second-order valence-corrected chi connectivity index (χ2v) is 4.77. The Bertz CT molecular complexity index is 579.